The molecule has 1 aromatic rings. The van der Waals surface area contributed by atoms with Gasteiger partial charge in [-0.05, 0) is 51.2 Å². The average Bonchev–Trinajstić information content (AvgIpc) is 2.84. The maximum Gasteiger partial charge on any atom is 0.241 e. The van der Waals surface area contributed by atoms with Gasteiger partial charge in [0.25, 0.3) is 0 Å². The van der Waals surface area contributed by atoms with Gasteiger partial charge in [0.05, 0.1) is 6.04 Å². The van der Waals surface area contributed by atoms with Crippen molar-refractivity contribution < 1.29 is 4.79 Å². The van der Waals surface area contributed by atoms with Crippen molar-refractivity contribution >= 4 is 11.6 Å². The molecule has 0 radical (unpaired) electrons. The van der Waals surface area contributed by atoms with Crippen LogP contribution >= 0.6 is 0 Å². The Morgan fingerprint density at radius 2 is 2.11 bits per heavy atom. The molecule has 1 heterocycles. The van der Waals surface area contributed by atoms with Gasteiger partial charge in [0.1, 0.15) is 0 Å². The van der Waals surface area contributed by atoms with Crippen LogP contribution in [0.2, 0.25) is 0 Å². The Bertz CT molecular complexity index is 394. The van der Waals surface area contributed by atoms with Crippen molar-refractivity contribution in [2.75, 3.05) is 26.0 Å². The summed E-state index contributed by atoms with van der Waals surface area (Å²) in [6, 6.07) is 8.01. The van der Waals surface area contributed by atoms with Gasteiger partial charge in [0.2, 0.25) is 5.91 Å². The molecule has 0 aliphatic carbocycles. The second kappa shape index (κ2) is 5.98. The molecule has 1 aromatic carbocycles. The highest BCUT2D eigenvalue weighted by molar-refractivity contribution is 5.95. The predicted molar refractivity (Wildman–Crippen MR) is 73.5 cm³/mol. The first kappa shape index (κ1) is 13.1. The lowest BCUT2D eigenvalue weighted by Gasteiger charge is -2.12. The Labute approximate surface area is 108 Å². The van der Waals surface area contributed by atoms with Gasteiger partial charge in [-0.3, -0.25) is 4.79 Å². The van der Waals surface area contributed by atoms with Gasteiger partial charge in [-0.25, -0.2) is 0 Å². The van der Waals surface area contributed by atoms with Crippen LogP contribution in [-0.4, -0.2) is 37.5 Å². The lowest BCUT2D eigenvalue weighted by molar-refractivity contribution is -0.117. The number of carbonyl (C=O) groups is 1. The van der Waals surface area contributed by atoms with E-state index in [-0.39, 0.29) is 11.9 Å². The maximum atomic E-state index is 11.9. The first-order chi connectivity index (χ1) is 8.65. The Kier molecular flexibility index (Phi) is 4.33. The molecule has 4 nitrogen and oxygen atoms in total. The van der Waals surface area contributed by atoms with Gasteiger partial charge in [-0.15, -0.1) is 0 Å². The van der Waals surface area contributed by atoms with Crippen LogP contribution in [0.1, 0.15) is 18.4 Å². The molecule has 0 aromatic heterocycles. The summed E-state index contributed by atoms with van der Waals surface area (Å²) in [6.45, 7) is 1.86. The summed E-state index contributed by atoms with van der Waals surface area (Å²) in [4.78, 5) is 14.0. The van der Waals surface area contributed by atoms with E-state index < -0.39 is 0 Å². The Hall–Kier alpha value is -1.39. The van der Waals surface area contributed by atoms with Gasteiger partial charge < -0.3 is 15.5 Å². The number of rotatable bonds is 4. The first-order valence-corrected chi connectivity index (χ1v) is 6.43. The van der Waals surface area contributed by atoms with Crippen molar-refractivity contribution in [1.29, 1.82) is 0 Å². The number of carbonyl (C=O) groups excluding carboxylic acids is 1. The van der Waals surface area contributed by atoms with Crippen LogP contribution in [-0.2, 0) is 11.3 Å². The fraction of sp³-hybridized carbons (Fsp3) is 0.500. The molecule has 0 bridgehead atoms. The SMILES string of the molecule is CN(C)Cc1ccc(NC(=O)C2CCCN2)cc1. The van der Waals surface area contributed by atoms with Gasteiger partial charge in [-0.2, -0.15) is 0 Å². The molecule has 0 spiro atoms. The topological polar surface area (TPSA) is 44.4 Å². The van der Waals surface area contributed by atoms with Crippen molar-refractivity contribution in [3.05, 3.63) is 29.8 Å². The molecule has 1 atom stereocenters. The van der Waals surface area contributed by atoms with Crippen molar-refractivity contribution in [2.45, 2.75) is 25.4 Å². The van der Waals surface area contributed by atoms with E-state index in [2.05, 4.69) is 27.7 Å². The number of hydrogen-bond donors (Lipinski definition) is 2. The van der Waals surface area contributed by atoms with E-state index in [1.54, 1.807) is 0 Å². The molecule has 1 unspecified atom stereocenters. The van der Waals surface area contributed by atoms with Crippen LogP contribution in [0, 0.1) is 0 Å². The molecule has 98 valence electrons. The van der Waals surface area contributed by atoms with Gasteiger partial charge in [0.15, 0.2) is 0 Å². The Morgan fingerprint density at radius 3 is 2.67 bits per heavy atom. The lowest BCUT2D eigenvalue weighted by Crippen LogP contribution is -2.35. The lowest BCUT2D eigenvalue weighted by atomic mass is 10.2. The van der Waals surface area contributed by atoms with Crippen LogP contribution in [0.5, 0.6) is 0 Å². The van der Waals surface area contributed by atoms with E-state index in [1.807, 2.05) is 26.2 Å². The smallest absolute Gasteiger partial charge is 0.241 e. The van der Waals surface area contributed by atoms with Crippen molar-refractivity contribution in [1.82, 2.24) is 10.2 Å². The third-order valence-electron chi connectivity index (χ3n) is 3.10. The predicted octanol–water partition coefficient (Wildman–Crippen LogP) is 1.44. The van der Waals surface area contributed by atoms with Crippen molar-refractivity contribution in [3.63, 3.8) is 0 Å². The highest BCUT2D eigenvalue weighted by atomic mass is 16.2. The normalized spacial score (nSPS) is 19.2. The van der Waals surface area contributed by atoms with Crippen LogP contribution in [0.25, 0.3) is 0 Å². The fourth-order valence-electron chi connectivity index (χ4n) is 2.20. The van der Waals surface area contributed by atoms with Gasteiger partial charge in [-0.1, -0.05) is 12.1 Å². The third kappa shape index (κ3) is 3.55. The molecule has 0 saturated carbocycles. The average molecular weight is 247 g/mol. The molecular weight excluding hydrogens is 226 g/mol. The largest absolute Gasteiger partial charge is 0.325 e. The van der Waals surface area contributed by atoms with Gasteiger partial charge >= 0.3 is 0 Å². The standard InChI is InChI=1S/C14H21N3O/c1-17(2)10-11-5-7-12(8-6-11)16-14(18)13-4-3-9-15-13/h5-8,13,15H,3-4,9-10H2,1-2H3,(H,16,18). The number of hydrogen-bond acceptors (Lipinski definition) is 3. The monoisotopic (exact) mass is 247 g/mol. The van der Waals surface area contributed by atoms with E-state index in [9.17, 15) is 4.79 Å². The second-order valence-corrected chi connectivity index (χ2v) is 5.07. The molecule has 2 rings (SSSR count). The summed E-state index contributed by atoms with van der Waals surface area (Å²) < 4.78 is 0. The first-order valence-electron chi connectivity index (χ1n) is 6.43. The van der Waals surface area contributed by atoms with E-state index >= 15 is 0 Å². The third-order valence-corrected chi connectivity index (χ3v) is 3.10. The number of nitrogens with one attached hydrogen (secondary N) is 2. The molecule has 1 amide bonds. The van der Waals surface area contributed by atoms with E-state index in [1.165, 1.54) is 5.56 Å². The molecule has 18 heavy (non-hydrogen) atoms. The minimum atomic E-state index is -0.0218. The van der Waals surface area contributed by atoms with Crippen LogP contribution in [0.4, 0.5) is 5.69 Å². The zero-order valence-electron chi connectivity index (χ0n) is 11.1. The molecule has 1 fully saturated rings. The number of nitrogens with zero attached hydrogens (tertiary/aromatic N) is 1. The fourth-order valence-corrected chi connectivity index (χ4v) is 2.20. The zero-order chi connectivity index (χ0) is 13.0. The number of amides is 1. The molecular formula is C14H21N3O. The van der Waals surface area contributed by atoms with Crippen LogP contribution in [0.15, 0.2) is 24.3 Å². The summed E-state index contributed by atoms with van der Waals surface area (Å²) in [5, 5.41) is 6.14. The van der Waals surface area contributed by atoms with E-state index in [0.717, 1.165) is 31.6 Å². The summed E-state index contributed by atoms with van der Waals surface area (Å²) in [5.41, 5.74) is 2.12. The second-order valence-electron chi connectivity index (χ2n) is 5.07. The number of anilines is 1. The highest BCUT2D eigenvalue weighted by Crippen LogP contribution is 2.13. The molecule has 1 saturated heterocycles. The minimum absolute atomic E-state index is 0.0218. The summed E-state index contributed by atoms with van der Waals surface area (Å²) in [7, 11) is 4.09. The molecule has 1 aliphatic rings. The zero-order valence-corrected chi connectivity index (χ0v) is 11.1. The van der Waals surface area contributed by atoms with E-state index in [0.29, 0.717) is 0 Å². The van der Waals surface area contributed by atoms with Crippen molar-refractivity contribution in [2.24, 2.45) is 0 Å². The van der Waals surface area contributed by atoms with Crippen LogP contribution in [0.3, 0.4) is 0 Å². The highest BCUT2D eigenvalue weighted by Gasteiger charge is 2.21. The van der Waals surface area contributed by atoms with Crippen molar-refractivity contribution in [3.8, 4) is 0 Å². The summed E-state index contributed by atoms with van der Waals surface area (Å²) in [5.74, 6) is 0.0767. The van der Waals surface area contributed by atoms with Crippen LogP contribution < -0.4 is 10.6 Å². The Balaban J connectivity index is 1.91. The molecule has 1 aliphatic heterocycles. The maximum absolute atomic E-state index is 11.9. The van der Waals surface area contributed by atoms with Gasteiger partial charge in [0, 0.05) is 12.2 Å². The minimum Gasteiger partial charge on any atom is -0.325 e. The quantitative estimate of drug-likeness (QED) is 0.846. The summed E-state index contributed by atoms with van der Waals surface area (Å²) >= 11 is 0. The van der Waals surface area contributed by atoms with E-state index in [4.69, 9.17) is 0 Å². The molecule has 4 heteroatoms. The Morgan fingerprint density at radius 1 is 1.39 bits per heavy atom. The molecule has 2 N–H and O–H groups in total. The summed E-state index contributed by atoms with van der Waals surface area (Å²) in [6.07, 6.45) is 2.02. The number of benzene rings is 1.